The van der Waals surface area contributed by atoms with E-state index in [4.69, 9.17) is 0 Å². The number of rotatable bonds is 2. The maximum Gasteiger partial charge on any atom is 0.416 e. The topological polar surface area (TPSA) is 49.0 Å². The monoisotopic (exact) mass is 403 g/mol. The molecule has 3 atom stereocenters. The lowest BCUT2D eigenvalue weighted by atomic mass is 9.91. The first-order valence-electron chi connectivity index (χ1n) is 10.4. The number of fused-ring (bicyclic) bond motifs is 2. The molecular weight excluding hydrogens is 379 g/mol. The number of hydrogen-bond acceptors (Lipinski definition) is 2. The van der Waals surface area contributed by atoms with Crippen LogP contribution in [0.1, 0.15) is 64.5 Å². The molecule has 1 aromatic carbocycles. The van der Waals surface area contributed by atoms with Gasteiger partial charge in [-0.2, -0.15) is 18.3 Å². The molecule has 1 N–H and O–H groups in total. The number of carbonyl (C=O) groups is 1. The summed E-state index contributed by atoms with van der Waals surface area (Å²) in [5, 5.41) is 7.32. The van der Waals surface area contributed by atoms with Gasteiger partial charge in [-0.1, -0.05) is 18.2 Å². The first kappa shape index (κ1) is 18.7. The molecule has 0 bridgehead atoms. The van der Waals surface area contributed by atoms with Gasteiger partial charge in [-0.3, -0.25) is 9.89 Å². The van der Waals surface area contributed by atoms with E-state index in [1.807, 2.05) is 4.90 Å². The zero-order chi connectivity index (χ0) is 20.2. The Kier molecular flexibility index (Phi) is 4.44. The highest BCUT2D eigenvalue weighted by Gasteiger charge is 2.45. The molecular formula is C22H24F3N3O. The Morgan fingerprint density at radius 2 is 1.76 bits per heavy atom. The van der Waals surface area contributed by atoms with Gasteiger partial charge < -0.3 is 4.90 Å². The molecule has 3 aliphatic rings. The molecule has 1 aromatic heterocycles. The number of amides is 1. The summed E-state index contributed by atoms with van der Waals surface area (Å²) in [4.78, 5) is 14.9. The number of benzene rings is 1. The third-order valence-corrected chi connectivity index (χ3v) is 7.00. The van der Waals surface area contributed by atoms with Crippen LogP contribution < -0.4 is 0 Å². The van der Waals surface area contributed by atoms with Crippen LogP contribution in [0.15, 0.2) is 24.3 Å². The van der Waals surface area contributed by atoms with E-state index in [-0.39, 0.29) is 23.7 Å². The highest BCUT2D eigenvalue weighted by Crippen LogP contribution is 2.49. The van der Waals surface area contributed by atoms with Gasteiger partial charge in [-0.05, 0) is 67.9 Å². The van der Waals surface area contributed by atoms with Crippen LogP contribution in [0, 0.1) is 11.8 Å². The number of carbonyl (C=O) groups excluding carboxylic acids is 1. The molecule has 0 spiro atoms. The van der Waals surface area contributed by atoms with Crippen molar-refractivity contribution >= 4 is 5.91 Å². The Balaban J connectivity index is 1.30. The van der Waals surface area contributed by atoms with Gasteiger partial charge in [-0.25, -0.2) is 0 Å². The summed E-state index contributed by atoms with van der Waals surface area (Å²) in [6.45, 7) is 1.24. The lowest BCUT2D eigenvalue weighted by Crippen LogP contribution is -2.31. The number of nitrogens with zero attached hydrogens (tertiary/aromatic N) is 2. The van der Waals surface area contributed by atoms with Gasteiger partial charge in [0.1, 0.15) is 0 Å². The summed E-state index contributed by atoms with van der Waals surface area (Å²) in [6, 6.07) is 5.94. The number of alkyl halides is 3. The summed E-state index contributed by atoms with van der Waals surface area (Å²) < 4.78 is 40.2. The summed E-state index contributed by atoms with van der Waals surface area (Å²) in [6.07, 6.45) is 1.14. The van der Waals surface area contributed by atoms with Crippen molar-refractivity contribution in [1.29, 1.82) is 0 Å². The first-order chi connectivity index (χ1) is 13.9. The second-order valence-corrected chi connectivity index (χ2v) is 8.72. The Labute approximate surface area is 167 Å². The van der Waals surface area contributed by atoms with E-state index in [9.17, 15) is 18.0 Å². The Morgan fingerprint density at radius 1 is 1.07 bits per heavy atom. The summed E-state index contributed by atoms with van der Waals surface area (Å²) in [5.41, 5.74) is 2.60. The van der Waals surface area contributed by atoms with Crippen molar-refractivity contribution in [3.05, 3.63) is 52.3 Å². The predicted molar refractivity (Wildman–Crippen MR) is 102 cm³/mol. The number of halogens is 3. The molecule has 154 valence electrons. The predicted octanol–water partition coefficient (Wildman–Crippen LogP) is 4.57. The minimum absolute atomic E-state index is 0.0222. The lowest BCUT2D eigenvalue weighted by Gasteiger charge is -2.21. The molecule has 2 fully saturated rings. The summed E-state index contributed by atoms with van der Waals surface area (Å²) in [5.74, 6) is 0.421. The van der Waals surface area contributed by atoms with E-state index in [0.29, 0.717) is 37.2 Å². The SMILES string of the molecule is O=C(c1n[nH]c2c1CCCC2)N1C[C@H]2CC(c3ccccc3C(F)(F)F)C[C@H]2C1. The molecule has 2 heterocycles. The molecule has 0 radical (unpaired) electrons. The highest BCUT2D eigenvalue weighted by molar-refractivity contribution is 5.94. The van der Waals surface area contributed by atoms with E-state index >= 15 is 0 Å². The average molecular weight is 403 g/mol. The van der Waals surface area contributed by atoms with E-state index in [0.717, 1.165) is 36.9 Å². The smallest absolute Gasteiger partial charge is 0.337 e. The Morgan fingerprint density at radius 3 is 2.48 bits per heavy atom. The molecule has 1 unspecified atom stereocenters. The van der Waals surface area contributed by atoms with E-state index in [2.05, 4.69) is 10.2 Å². The lowest BCUT2D eigenvalue weighted by molar-refractivity contribution is -0.138. The molecule has 1 saturated heterocycles. The molecule has 1 amide bonds. The van der Waals surface area contributed by atoms with Crippen molar-refractivity contribution in [3.63, 3.8) is 0 Å². The molecule has 5 rings (SSSR count). The number of likely N-dealkylation sites (tertiary alicyclic amines) is 1. The fourth-order valence-corrected chi connectivity index (χ4v) is 5.64. The van der Waals surface area contributed by atoms with Gasteiger partial charge in [0, 0.05) is 24.3 Å². The van der Waals surface area contributed by atoms with Gasteiger partial charge in [0.05, 0.1) is 5.56 Å². The number of aryl methyl sites for hydroxylation is 1. The van der Waals surface area contributed by atoms with Crippen LogP contribution in [0.2, 0.25) is 0 Å². The third-order valence-electron chi connectivity index (χ3n) is 7.00. The molecule has 29 heavy (non-hydrogen) atoms. The van der Waals surface area contributed by atoms with Gasteiger partial charge in [0.25, 0.3) is 5.91 Å². The van der Waals surface area contributed by atoms with Crippen molar-refractivity contribution in [3.8, 4) is 0 Å². The van der Waals surface area contributed by atoms with Crippen molar-refractivity contribution in [2.75, 3.05) is 13.1 Å². The minimum Gasteiger partial charge on any atom is -0.337 e. The van der Waals surface area contributed by atoms with Crippen LogP contribution >= 0.6 is 0 Å². The minimum atomic E-state index is -4.32. The van der Waals surface area contributed by atoms with Crippen molar-refractivity contribution < 1.29 is 18.0 Å². The zero-order valence-corrected chi connectivity index (χ0v) is 16.1. The average Bonchev–Trinajstić information content (AvgIpc) is 3.39. The van der Waals surface area contributed by atoms with Crippen LogP contribution in [-0.4, -0.2) is 34.1 Å². The summed E-state index contributed by atoms with van der Waals surface area (Å²) in [7, 11) is 0. The second kappa shape index (κ2) is 6.89. The number of H-pyrrole nitrogens is 1. The number of hydrogen-bond donors (Lipinski definition) is 1. The Bertz CT molecular complexity index is 922. The maximum atomic E-state index is 13.4. The van der Waals surface area contributed by atoms with Crippen LogP contribution in [0.3, 0.4) is 0 Å². The standard InChI is InChI=1S/C22H24F3N3O/c23-22(24,25)18-7-3-1-5-16(18)13-9-14-11-28(12-15(14)10-13)21(29)20-17-6-2-4-8-19(17)26-27-20/h1,3,5,7,13-15H,2,4,6,8-12H2,(H,26,27)/t13?,14-,15+. The molecule has 2 aliphatic carbocycles. The molecule has 1 aliphatic heterocycles. The quantitative estimate of drug-likeness (QED) is 0.798. The van der Waals surface area contributed by atoms with Crippen molar-refractivity contribution in [1.82, 2.24) is 15.1 Å². The molecule has 2 aromatic rings. The number of aromatic amines is 1. The van der Waals surface area contributed by atoms with E-state index in [1.165, 1.54) is 12.1 Å². The fraction of sp³-hybridized carbons (Fsp3) is 0.545. The van der Waals surface area contributed by atoms with Gasteiger partial charge in [0.2, 0.25) is 0 Å². The fourth-order valence-electron chi connectivity index (χ4n) is 5.64. The first-order valence-corrected chi connectivity index (χ1v) is 10.4. The van der Waals surface area contributed by atoms with Crippen LogP contribution in [0.4, 0.5) is 13.2 Å². The van der Waals surface area contributed by atoms with E-state index in [1.54, 1.807) is 12.1 Å². The largest absolute Gasteiger partial charge is 0.416 e. The van der Waals surface area contributed by atoms with Gasteiger partial charge in [-0.15, -0.1) is 0 Å². The summed E-state index contributed by atoms with van der Waals surface area (Å²) >= 11 is 0. The van der Waals surface area contributed by atoms with E-state index < -0.39 is 11.7 Å². The van der Waals surface area contributed by atoms with Crippen molar-refractivity contribution in [2.45, 2.75) is 50.6 Å². The van der Waals surface area contributed by atoms with Gasteiger partial charge >= 0.3 is 6.18 Å². The highest BCUT2D eigenvalue weighted by atomic mass is 19.4. The number of nitrogens with one attached hydrogen (secondary N) is 1. The van der Waals surface area contributed by atoms with Crippen LogP contribution in [-0.2, 0) is 19.0 Å². The maximum absolute atomic E-state index is 13.4. The molecule has 7 heteroatoms. The zero-order valence-electron chi connectivity index (χ0n) is 16.1. The molecule has 1 saturated carbocycles. The Hall–Kier alpha value is -2.31. The van der Waals surface area contributed by atoms with Gasteiger partial charge in [0.15, 0.2) is 5.69 Å². The van der Waals surface area contributed by atoms with Crippen molar-refractivity contribution in [2.24, 2.45) is 11.8 Å². The normalized spacial score (nSPS) is 26.4. The second-order valence-electron chi connectivity index (χ2n) is 8.72. The van der Waals surface area contributed by atoms with Crippen LogP contribution in [0.5, 0.6) is 0 Å². The molecule has 4 nitrogen and oxygen atoms in total. The third kappa shape index (κ3) is 3.24. The van der Waals surface area contributed by atoms with Crippen LogP contribution in [0.25, 0.3) is 0 Å². The number of aromatic nitrogens is 2.